The molecule has 0 aliphatic rings. The van der Waals surface area contributed by atoms with Crippen LogP contribution in [0.3, 0.4) is 0 Å². The van der Waals surface area contributed by atoms with Crippen LogP contribution in [0.4, 0.5) is 13.2 Å². The molecule has 2 aromatic carbocycles. The lowest BCUT2D eigenvalue weighted by molar-refractivity contribution is -0.138. The molecule has 1 aromatic heterocycles. The number of hydrogen-bond acceptors (Lipinski definition) is 3. The molecule has 0 amide bonds. The van der Waals surface area contributed by atoms with Crippen molar-refractivity contribution in [1.82, 2.24) is 15.9 Å². The lowest BCUT2D eigenvalue weighted by Crippen LogP contribution is -2.14. The number of rotatable bonds is 11. The molecule has 0 aliphatic carbocycles. The first-order valence-corrected chi connectivity index (χ1v) is 11.2. The minimum atomic E-state index is -4.47. The Kier molecular flexibility index (Phi) is 8.45. The summed E-state index contributed by atoms with van der Waals surface area (Å²) in [6, 6.07) is 11.5. The molecular formula is C25H29F3N3O. The predicted octanol–water partition coefficient (Wildman–Crippen LogP) is 7.23. The van der Waals surface area contributed by atoms with E-state index in [1.807, 2.05) is 0 Å². The van der Waals surface area contributed by atoms with E-state index in [-0.39, 0.29) is 12.0 Å². The van der Waals surface area contributed by atoms with Crippen molar-refractivity contribution in [3.05, 3.63) is 71.0 Å². The van der Waals surface area contributed by atoms with E-state index in [2.05, 4.69) is 17.1 Å². The van der Waals surface area contributed by atoms with Gasteiger partial charge in [-0.05, 0) is 42.2 Å². The van der Waals surface area contributed by atoms with Gasteiger partial charge >= 0.3 is 6.18 Å². The van der Waals surface area contributed by atoms with Crippen LogP contribution in [-0.4, -0.2) is 10.1 Å². The Bertz CT molecular complexity index is 967. The third-order valence-electron chi connectivity index (χ3n) is 5.50. The molecule has 0 saturated carbocycles. The normalized spacial score (nSPS) is 12.8. The lowest BCUT2D eigenvalue weighted by atomic mass is 9.95. The summed E-state index contributed by atoms with van der Waals surface area (Å²) in [6.45, 7) is 2.20. The Morgan fingerprint density at radius 3 is 2.34 bits per heavy atom. The van der Waals surface area contributed by atoms with Gasteiger partial charge < -0.3 is 4.52 Å². The van der Waals surface area contributed by atoms with Crippen molar-refractivity contribution in [3.8, 4) is 11.5 Å². The quantitative estimate of drug-likeness (QED) is 0.293. The van der Waals surface area contributed by atoms with E-state index in [1.165, 1.54) is 43.9 Å². The van der Waals surface area contributed by atoms with E-state index in [9.17, 15) is 13.2 Å². The topological polar surface area (TPSA) is 62.7 Å². The SMILES string of the molecule is CCCCCCCCc1noc(-c2ccc(CC([NH])c3ccccc3C(F)(F)F)cc2)n1. The molecular weight excluding hydrogens is 415 g/mol. The number of aryl methyl sites for hydroxylation is 1. The Hall–Kier alpha value is -2.67. The number of alkyl halides is 3. The fourth-order valence-corrected chi connectivity index (χ4v) is 3.72. The van der Waals surface area contributed by atoms with Gasteiger partial charge in [0.05, 0.1) is 11.6 Å². The molecule has 7 heteroatoms. The van der Waals surface area contributed by atoms with Crippen molar-refractivity contribution in [2.75, 3.05) is 0 Å². The van der Waals surface area contributed by atoms with Crippen LogP contribution >= 0.6 is 0 Å². The number of hydrogen-bond donors (Lipinski definition) is 0. The fourth-order valence-electron chi connectivity index (χ4n) is 3.72. The molecule has 1 N–H and O–H groups in total. The third kappa shape index (κ3) is 6.66. The molecule has 1 unspecified atom stereocenters. The van der Waals surface area contributed by atoms with Crippen LogP contribution in [0.15, 0.2) is 53.1 Å². The van der Waals surface area contributed by atoms with E-state index in [1.54, 1.807) is 24.3 Å². The fraction of sp³-hybridized carbons (Fsp3) is 0.440. The monoisotopic (exact) mass is 444 g/mol. The Labute approximate surface area is 187 Å². The van der Waals surface area contributed by atoms with Crippen molar-refractivity contribution in [2.24, 2.45) is 0 Å². The summed E-state index contributed by atoms with van der Waals surface area (Å²) < 4.78 is 45.1. The van der Waals surface area contributed by atoms with Gasteiger partial charge in [-0.2, -0.15) is 18.2 Å². The summed E-state index contributed by atoms with van der Waals surface area (Å²) >= 11 is 0. The van der Waals surface area contributed by atoms with Gasteiger partial charge in [0.15, 0.2) is 5.82 Å². The van der Waals surface area contributed by atoms with Crippen molar-refractivity contribution < 1.29 is 17.7 Å². The summed E-state index contributed by atoms with van der Waals surface area (Å²) in [5.41, 5.74) is 9.04. The number of nitrogens with zero attached hydrogens (tertiary/aromatic N) is 2. The van der Waals surface area contributed by atoms with Gasteiger partial charge in [0.1, 0.15) is 0 Å². The maximum Gasteiger partial charge on any atom is 0.416 e. The highest BCUT2D eigenvalue weighted by atomic mass is 19.4. The molecule has 3 aromatic rings. The average Bonchev–Trinajstić information content (AvgIpc) is 3.25. The molecule has 0 spiro atoms. The first kappa shape index (κ1) is 24.0. The van der Waals surface area contributed by atoms with E-state index in [4.69, 9.17) is 10.3 Å². The Morgan fingerprint density at radius 1 is 0.938 bits per heavy atom. The summed E-state index contributed by atoms with van der Waals surface area (Å²) in [7, 11) is 0. The molecule has 1 atom stereocenters. The predicted molar refractivity (Wildman–Crippen MR) is 118 cm³/mol. The highest BCUT2D eigenvalue weighted by Crippen LogP contribution is 2.35. The average molecular weight is 445 g/mol. The van der Waals surface area contributed by atoms with Gasteiger partial charge in [0.25, 0.3) is 5.89 Å². The third-order valence-corrected chi connectivity index (χ3v) is 5.50. The summed E-state index contributed by atoms with van der Waals surface area (Å²) in [6.07, 6.45) is 3.69. The Balaban J connectivity index is 1.57. The summed E-state index contributed by atoms with van der Waals surface area (Å²) in [5, 5.41) is 4.05. The van der Waals surface area contributed by atoms with Crippen LogP contribution in [0.25, 0.3) is 11.5 Å². The largest absolute Gasteiger partial charge is 0.416 e. The van der Waals surface area contributed by atoms with E-state index in [0.717, 1.165) is 36.5 Å². The molecule has 0 saturated heterocycles. The molecule has 32 heavy (non-hydrogen) atoms. The molecule has 0 aliphatic heterocycles. The second kappa shape index (κ2) is 11.3. The van der Waals surface area contributed by atoms with Gasteiger partial charge in [-0.15, -0.1) is 0 Å². The first-order valence-electron chi connectivity index (χ1n) is 11.2. The molecule has 1 radical (unpaired) electrons. The molecule has 1 heterocycles. The number of nitrogens with one attached hydrogen (secondary N) is 1. The molecule has 0 fully saturated rings. The highest BCUT2D eigenvalue weighted by Gasteiger charge is 2.34. The van der Waals surface area contributed by atoms with Crippen LogP contribution in [0.1, 0.15) is 74.0 Å². The minimum Gasteiger partial charge on any atom is -0.334 e. The molecule has 171 valence electrons. The van der Waals surface area contributed by atoms with E-state index >= 15 is 0 Å². The van der Waals surface area contributed by atoms with Gasteiger partial charge in [-0.25, -0.2) is 5.73 Å². The van der Waals surface area contributed by atoms with E-state index in [0.29, 0.717) is 11.7 Å². The number of benzene rings is 2. The second-order valence-corrected chi connectivity index (χ2v) is 8.07. The number of unbranched alkanes of at least 4 members (excludes halogenated alkanes) is 5. The van der Waals surface area contributed by atoms with Crippen LogP contribution in [-0.2, 0) is 19.0 Å². The zero-order chi connectivity index (χ0) is 23.0. The van der Waals surface area contributed by atoms with Crippen molar-refractivity contribution in [2.45, 2.75) is 70.5 Å². The Morgan fingerprint density at radius 2 is 1.62 bits per heavy atom. The van der Waals surface area contributed by atoms with Gasteiger partial charge in [0.2, 0.25) is 0 Å². The van der Waals surface area contributed by atoms with Crippen LogP contribution < -0.4 is 5.73 Å². The second-order valence-electron chi connectivity index (χ2n) is 8.07. The van der Waals surface area contributed by atoms with Crippen molar-refractivity contribution >= 4 is 0 Å². The standard InChI is InChI=1S/C25H29F3N3O/c1-2-3-4-5-6-7-12-23-30-24(32-31-23)19-15-13-18(14-16-19)17-22(29)20-10-8-9-11-21(20)25(26,27)28/h8-11,13-16,22,29H,2-7,12,17H2,1H3. The molecule has 3 rings (SSSR count). The smallest absolute Gasteiger partial charge is 0.334 e. The molecule has 4 nitrogen and oxygen atoms in total. The van der Waals surface area contributed by atoms with Crippen LogP contribution in [0.2, 0.25) is 0 Å². The summed E-state index contributed by atoms with van der Waals surface area (Å²) in [4.78, 5) is 4.45. The van der Waals surface area contributed by atoms with E-state index < -0.39 is 17.8 Å². The van der Waals surface area contributed by atoms with Gasteiger partial charge in [0, 0.05) is 12.0 Å². The van der Waals surface area contributed by atoms with Gasteiger partial charge in [-0.3, -0.25) is 0 Å². The number of halogens is 3. The maximum atomic E-state index is 13.2. The van der Waals surface area contributed by atoms with Crippen molar-refractivity contribution in [1.29, 1.82) is 0 Å². The zero-order valence-corrected chi connectivity index (χ0v) is 18.3. The minimum absolute atomic E-state index is 0.0136. The highest BCUT2D eigenvalue weighted by molar-refractivity contribution is 5.53. The van der Waals surface area contributed by atoms with Crippen molar-refractivity contribution in [3.63, 3.8) is 0 Å². The first-order chi connectivity index (χ1) is 15.4. The maximum absolute atomic E-state index is 13.2. The van der Waals surface area contributed by atoms with Gasteiger partial charge in [-0.1, -0.05) is 74.5 Å². The zero-order valence-electron chi connectivity index (χ0n) is 18.3. The van der Waals surface area contributed by atoms with Crippen LogP contribution in [0, 0.1) is 0 Å². The summed E-state index contributed by atoms with van der Waals surface area (Å²) in [5.74, 6) is 1.12. The molecule has 0 bridgehead atoms. The lowest BCUT2D eigenvalue weighted by Gasteiger charge is -2.17. The van der Waals surface area contributed by atoms with Crippen LogP contribution in [0.5, 0.6) is 0 Å². The number of aromatic nitrogens is 2.